The van der Waals surface area contributed by atoms with Gasteiger partial charge in [-0.15, -0.1) is 11.3 Å². The molecule has 1 aromatic carbocycles. The summed E-state index contributed by atoms with van der Waals surface area (Å²) in [4.78, 5) is 4.72. The summed E-state index contributed by atoms with van der Waals surface area (Å²) in [6.45, 7) is 2.11. The fourth-order valence-corrected chi connectivity index (χ4v) is 2.90. The van der Waals surface area contributed by atoms with E-state index in [1.54, 1.807) is 11.3 Å². The van der Waals surface area contributed by atoms with Crippen molar-refractivity contribution in [3.05, 3.63) is 48.3 Å². The smallest absolute Gasteiger partial charge is 0.169 e. The molecule has 4 heteroatoms. The van der Waals surface area contributed by atoms with Crippen molar-refractivity contribution in [2.75, 3.05) is 0 Å². The quantitative estimate of drug-likeness (QED) is 0.440. The summed E-state index contributed by atoms with van der Waals surface area (Å²) in [5.41, 5.74) is 3.55. The molecule has 2 aromatic heterocycles. The molecule has 92 valence electrons. The Balaban J connectivity index is 0.00000120. The maximum atomic E-state index is 4.72. The molecule has 2 nitrogen and oxygen atoms in total. The summed E-state index contributed by atoms with van der Waals surface area (Å²) in [5, 5.41) is 1.09. The van der Waals surface area contributed by atoms with E-state index in [4.69, 9.17) is 4.98 Å². The highest BCUT2D eigenvalue weighted by atomic mass is 127. The minimum Gasteiger partial charge on any atom is -1.00 e. The van der Waals surface area contributed by atoms with E-state index in [2.05, 4.69) is 37.3 Å². The molecular weight excluding hydrogens is 355 g/mol. The minimum atomic E-state index is 0. The maximum absolute atomic E-state index is 4.72. The van der Waals surface area contributed by atoms with Gasteiger partial charge in [-0.3, -0.25) is 0 Å². The van der Waals surface area contributed by atoms with E-state index in [0.29, 0.717) is 0 Å². The number of hydrogen-bond acceptors (Lipinski definition) is 2. The number of para-hydroxylation sites is 1. The molecule has 2 heterocycles. The predicted molar refractivity (Wildman–Crippen MR) is 71.0 cm³/mol. The second-order valence-electron chi connectivity index (χ2n) is 4.19. The molecule has 0 saturated heterocycles. The SMILES string of the molecule is Cc1cccc2sc(-c3cc[n+](C)cc3)nc12.[I-]. The third-order valence-corrected chi connectivity index (χ3v) is 3.92. The molecule has 0 spiro atoms. The molecule has 0 N–H and O–H groups in total. The molecule has 3 aromatic rings. The van der Waals surface area contributed by atoms with Crippen LogP contribution in [0.4, 0.5) is 0 Å². The lowest BCUT2D eigenvalue weighted by molar-refractivity contribution is -0.671. The van der Waals surface area contributed by atoms with Crippen LogP contribution in [-0.2, 0) is 7.05 Å². The van der Waals surface area contributed by atoms with Crippen molar-refractivity contribution in [1.82, 2.24) is 4.98 Å². The van der Waals surface area contributed by atoms with Crippen LogP contribution in [0.25, 0.3) is 20.8 Å². The van der Waals surface area contributed by atoms with Crippen LogP contribution in [0.3, 0.4) is 0 Å². The number of hydrogen-bond donors (Lipinski definition) is 0. The molecular formula is C14H13IN2S. The second kappa shape index (κ2) is 5.32. The normalized spacial score (nSPS) is 10.3. The number of rotatable bonds is 1. The van der Waals surface area contributed by atoms with Crippen LogP contribution >= 0.6 is 11.3 Å². The Kier molecular flexibility index (Phi) is 3.97. The lowest BCUT2D eigenvalue weighted by Crippen LogP contribution is -3.00. The topological polar surface area (TPSA) is 16.8 Å². The van der Waals surface area contributed by atoms with Crippen molar-refractivity contribution in [2.24, 2.45) is 7.05 Å². The first-order chi connectivity index (χ1) is 8.24. The number of nitrogens with zero attached hydrogens (tertiary/aromatic N) is 2. The first kappa shape index (κ1) is 13.4. The van der Waals surface area contributed by atoms with Gasteiger partial charge in [0.25, 0.3) is 0 Å². The highest BCUT2D eigenvalue weighted by Gasteiger charge is 2.08. The van der Waals surface area contributed by atoms with Crippen molar-refractivity contribution in [3.8, 4) is 10.6 Å². The number of halogens is 1. The summed E-state index contributed by atoms with van der Waals surface area (Å²) in [5.74, 6) is 0. The number of pyridine rings is 1. The molecule has 18 heavy (non-hydrogen) atoms. The van der Waals surface area contributed by atoms with Crippen LogP contribution in [0.1, 0.15) is 5.56 Å². The maximum Gasteiger partial charge on any atom is 0.169 e. The third kappa shape index (κ3) is 2.40. The summed E-state index contributed by atoms with van der Waals surface area (Å²) in [6.07, 6.45) is 4.10. The monoisotopic (exact) mass is 368 g/mol. The van der Waals surface area contributed by atoms with Gasteiger partial charge in [-0.05, 0) is 18.6 Å². The molecule has 3 rings (SSSR count). The number of aromatic nitrogens is 2. The molecule has 0 aliphatic heterocycles. The molecule has 0 aliphatic rings. The van der Waals surface area contributed by atoms with Crippen LogP contribution in [-0.4, -0.2) is 4.98 Å². The highest BCUT2D eigenvalue weighted by Crippen LogP contribution is 2.30. The standard InChI is InChI=1S/C14H13N2S.HI/c1-10-4-3-5-12-13(10)15-14(17-12)11-6-8-16(2)9-7-11;/h3-9H,1-2H3;1H/q+1;/p-1. The van der Waals surface area contributed by atoms with Crippen molar-refractivity contribution < 1.29 is 28.5 Å². The van der Waals surface area contributed by atoms with Gasteiger partial charge in [-0.1, -0.05) is 12.1 Å². The van der Waals surface area contributed by atoms with Gasteiger partial charge in [-0.2, -0.15) is 0 Å². The molecule has 0 fully saturated rings. The zero-order valence-electron chi connectivity index (χ0n) is 10.2. The van der Waals surface area contributed by atoms with E-state index < -0.39 is 0 Å². The Hall–Kier alpha value is -1.01. The second-order valence-corrected chi connectivity index (χ2v) is 5.22. The minimum absolute atomic E-state index is 0. The van der Waals surface area contributed by atoms with Crippen LogP contribution in [0.2, 0.25) is 0 Å². The Morgan fingerprint density at radius 1 is 1.11 bits per heavy atom. The van der Waals surface area contributed by atoms with Crippen LogP contribution in [0.15, 0.2) is 42.7 Å². The highest BCUT2D eigenvalue weighted by molar-refractivity contribution is 7.21. The van der Waals surface area contributed by atoms with Gasteiger partial charge in [0.15, 0.2) is 12.4 Å². The summed E-state index contributed by atoms with van der Waals surface area (Å²) >= 11 is 1.75. The molecule has 0 bridgehead atoms. The van der Waals surface area contributed by atoms with E-state index in [1.807, 2.05) is 24.0 Å². The number of aryl methyl sites for hydroxylation is 2. The van der Waals surface area contributed by atoms with Crippen molar-refractivity contribution >= 4 is 21.6 Å². The van der Waals surface area contributed by atoms with Gasteiger partial charge >= 0.3 is 0 Å². The Labute approximate surface area is 127 Å². The average molecular weight is 368 g/mol. The van der Waals surface area contributed by atoms with E-state index in [0.717, 1.165) is 10.5 Å². The molecule has 0 atom stereocenters. The van der Waals surface area contributed by atoms with Crippen LogP contribution < -0.4 is 28.5 Å². The van der Waals surface area contributed by atoms with E-state index >= 15 is 0 Å². The lowest BCUT2D eigenvalue weighted by Gasteiger charge is -1.92. The Morgan fingerprint density at radius 3 is 2.50 bits per heavy atom. The third-order valence-electron chi connectivity index (χ3n) is 2.85. The molecule has 0 radical (unpaired) electrons. The van der Waals surface area contributed by atoms with Gasteiger partial charge in [0.05, 0.1) is 10.2 Å². The number of fused-ring (bicyclic) bond motifs is 1. The van der Waals surface area contributed by atoms with E-state index in [-0.39, 0.29) is 24.0 Å². The summed E-state index contributed by atoms with van der Waals surface area (Å²) in [6, 6.07) is 10.5. The van der Waals surface area contributed by atoms with Crippen LogP contribution in [0, 0.1) is 6.92 Å². The van der Waals surface area contributed by atoms with Gasteiger partial charge < -0.3 is 24.0 Å². The molecule has 0 aliphatic carbocycles. The van der Waals surface area contributed by atoms with Gasteiger partial charge in [-0.25, -0.2) is 9.55 Å². The number of thiazole rings is 1. The fraction of sp³-hybridized carbons (Fsp3) is 0.143. The Bertz CT molecular complexity index is 674. The van der Waals surface area contributed by atoms with Gasteiger partial charge in [0, 0.05) is 17.7 Å². The zero-order valence-corrected chi connectivity index (χ0v) is 13.2. The lowest BCUT2D eigenvalue weighted by atomic mass is 10.2. The predicted octanol–water partition coefficient (Wildman–Crippen LogP) is 0.100. The zero-order chi connectivity index (χ0) is 11.8. The molecule has 0 amide bonds. The van der Waals surface area contributed by atoms with Gasteiger partial charge in [0.2, 0.25) is 0 Å². The van der Waals surface area contributed by atoms with Crippen LogP contribution in [0.5, 0.6) is 0 Å². The largest absolute Gasteiger partial charge is 1.00 e. The van der Waals surface area contributed by atoms with E-state index in [1.165, 1.54) is 15.8 Å². The Morgan fingerprint density at radius 2 is 1.83 bits per heavy atom. The number of benzene rings is 1. The van der Waals surface area contributed by atoms with Crippen molar-refractivity contribution in [2.45, 2.75) is 6.92 Å². The molecule has 0 unspecified atom stereocenters. The first-order valence-electron chi connectivity index (χ1n) is 5.56. The summed E-state index contributed by atoms with van der Waals surface area (Å²) < 4.78 is 3.29. The van der Waals surface area contributed by atoms with E-state index in [9.17, 15) is 0 Å². The van der Waals surface area contributed by atoms with Crippen molar-refractivity contribution in [1.29, 1.82) is 0 Å². The fourth-order valence-electron chi connectivity index (χ4n) is 1.85. The first-order valence-corrected chi connectivity index (χ1v) is 6.37. The summed E-state index contributed by atoms with van der Waals surface area (Å²) in [7, 11) is 2.02. The average Bonchev–Trinajstić information content (AvgIpc) is 2.75. The molecule has 0 saturated carbocycles. The van der Waals surface area contributed by atoms with Crippen molar-refractivity contribution in [3.63, 3.8) is 0 Å². The van der Waals surface area contributed by atoms with Gasteiger partial charge in [0.1, 0.15) is 12.1 Å².